The molecule has 43 heavy (non-hydrogen) atoms. The Morgan fingerprint density at radius 2 is 0.953 bits per heavy atom. The molecule has 0 saturated carbocycles. The number of benzene rings is 4. The van der Waals surface area contributed by atoms with Crippen molar-refractivity contribution in [1.82, 2.24) is 0 Å². The second-order valence-corrected chi connectivity index (χ2v) is 10.9. The molecular weight excluding hydrogens is 536 g/mol. The van der Waals surface area contributed by atoms with Crippen molar-refractivity contribution in [2.75, 3.05) is 23.8 Å². The summed E-state index contributed by atoms with van der Waals surface area (Å²) in [5.74, 6) is 1.84. The van der Waals surface area contributed by atoms with Crippen molar-refractivity contribution >= 4 is 23.2 Å². The van der Waals surface area contributed by atoms with E-state index in [0.717, 1.165) is 64.4 Å². The van der Waals surface area contributed by atoms with Gasteiger partial charge in [0.25, 0.3) is 11.8 Å². The Balaban J connectivity index is 1.23. The number of nitrogens with one attached hydrogen (secondary N) is 2. The first-order valence-corrected chi connectivity index (χ1v) is 15.1. The van der Waals surface area contributed by atoms with Crippen LogP contribution in [-0.4, -0.2) is 25.0 Å². The molecule has 0 radical (unpaired) electrons. The Morgan fingerprint density at radius 1 is 0.581 bits per heavy atom. The van der Waals surface area contributed by atoms with Gasteiger partial charge in [0, 0.05) is 11.4 Å². The molecule has 2 amide bonds. The minimum Gasteiger partial charge on any atom is -0.483 e. The van der Waals surface area contributed by atoms with Crippen molar-refractivity contribution in [3.8, 4) is 11.5 Å². The van der Waals surface area contributed by atoms with Crippen LogP contribution in [0.5, 0.6) is 11.5 Å². The molecule has 2 N–H and O–H groups in total. The van der Waals surface area contributed by atoms with Crippen LogP contribution in [0.15, 0.2) is 97.1 Å². The van der Waals surface area contributed by atoms with E-state index in [1.165, 1.54) is 0 Å². The zero-order valence-corrected chi connectivity index (χ0v) is 25.6. The minimum atomic E-state index is -0.200. The largest absolute Gasteiger partial charge is 0.483 e. The Kier molecular flexibility index (Phi) is 11.4. The number of carbonyl (C=O) groups is 2. The molecule has 0 aromatic heterocycles. The topological polar surface area (TPSA) is 76.7 Å². The van der Waals surface area contributed by atoms with E-state index in [1.807, 2.05) is 84.9 Å². The van der Waals surface area contributed by atoms with E-state index in [1.54, 1.807) is 0 Å². The molecular formula is C37H42N2O4. The number of hydrogen-bond donors (Lipinski definition) is 2. The van der Waals surface area contributed by atoms with Crippen LogP contribution in [0.4, 0.5) is 11.4 Å². The molecule has 4 rings (SSSR count). The standard InChI is InChI=1S/C37H42N2O4/c1-5-26(3)32-11-7-9-13-34(32)42-24-36(40)38-30-19-15-28(16-20-30)23-29-17-21-31(22-18-29)39-37(41)25-43-35-14-10-8-12-33(35)27(4)6-2/h7-22,26-27H,5-6,23-25H2,1-4H3,(H,38,40)(H,39,41). The quantitative estimate of drug-likeness (QED) is 0.158. The summed E-state index contributed by atoms with van der Waals surface area (Å²) < 4.78 is 11.7. The van der Waals surface area contributed by atoms with Crippen molar-refractivity contribution in [2.45, 2.75) is 58.8 Å². The lowest BCUT2D eigenvalue weighted by Crippen LogP contribution is -2.20. The summed E-state index contributed by atoms with van der Waals surface area (Å²) >= 11 is 0. The molecule has 2 atom stereocenters. The summed E-state index contributed by atoms with van der Waals surface area (Å²) in [5.41, 5.74) is 5.90. The van der Waals surface area contributed by atoms with Crippen LogP contribution in [-0.2, 0) is 16.0 Å². The zero-order valence-electron chi connectivity index (χ0n) is 25.6. The molecule has 0 fully saturated rings. The molecule has 6 heteroatoms. The molecule has 0 aliphatic heterocycles. The van der Waals surface area contributed by atoms with Crippen molar-refractivity contribution in [3.63, 3.8) is 0 Å². The van der Waals surface area contributed by atoms with Gasteiger partial charge in [-0.3, -0.25) is 9.59 Å². The summed E-state index contributed by atoms with van der Waals surface area (Å²) in [6, 6.07) is 31.3. The number of hydrogen-bond acceptors (Lipinski definition) is 4. The van der Waals surface area contributed by atoms with Gasteiger partial charge in [0.15, 0.2) is 13.2 Å². The third-order valence-corrected chi connectivity index (χ3v) is 7.73. The van der Waals surface area contributed by atoms with E-state index < -0.39 is 0 Å². The van der Waals surface area contributed by atoms with Gasteiger partial charge in [-0.25, -0.2) is 0 Å². The number of para-hydroxylation sites is 2. The summed E-state index contributed by atoms with van der Waals surface area (Å²) in [5, 5.41) is 5.82. The highest BCUT2D eigenvalue weighted by Crippen LogP contribution is 2.29. The minimum absolute atomic E-state index is 0.0461. The van der Waals surface area contributed by atoms with E-state index in [0.29, 0.717) is 11.8 Å². The van der Waals surface area contributed by atoms with E-state index in [4.69, 9.17) is 9.47 Å². The number of ether oxygens (including phenoxy) is 2. The average Bonchev–Trinajstić information content (AvgIpc) is 3.04. The molecule has 224 valence electrons. The molecule has 0 spiro atoms. The molecule has 4 aromatic carbocycles. The second-order valence-electron chi connectivity index (χ2n) is 10.9. The lowest BCUT2D eigenvalue weighted by molar-refractivity contribution is -0.118. The van der Waals surface area contributed by atoms with Crippen molar-refractivity contribution in [1.29, 1.82) is 0 Å². The number of rotatable bonds is 14. The van der Waals surface area contributed by atoms with Crippen LogP contribution >= 0.6 is 0 Å². The van der Waals surface area contributed by atoms with Crippen LogP contribution in [0.25, 0.3) is 0 Å². The summed E-state index contributed by atoms with van der Waals surface area (Å²) in [6.07, 6.45) is 2.74. The predicted octanol–water partition coefficient (Wildman–Crippen LogP) is 8.34. The fourth-order valence-electron chi connectivity index (χ4n) is 4.81. The van der Waals surface area contributed by atoms with Crippen molar-refractivity contribution in [3.05, 3.63) is 119 Å². The van der Waals surface area contributed by atoms with Gasteiger partial charge in [0.2, 0.25) is 0 Å². The van der Waals surface area contributed by atoms with Gasteiger partial charge in [0.05, 0.1) is 0 Å². The smallest absolute Gasteiger partial charge is 0.262 e. The van der Waals surface area contributed by atoms with Crippen molar-refractivity contribution in [2.24, 2.45) is 0 Å². The summed E-state index contributed by atoms with van der Waals surface area (Å²) in [6.45, 7) is 8.50. The molecule has 0 bridgehead atoms. The summed E-state index contributed by atoms with van der Waals surface area (Å²) in [7, 11) is 0. The highest BCUT2D eigenvalue weighted by Gasteiger charge is 2.13. The van der Waals surface area contributed by atoms with Gasteiger partial charge < -0.3 is 20.1 Å². The van der Waals surface area contributed by atoms with Crippen LogP contribution in [0.3, 0.4) is 0 Å². The lowest BCUT2D eigenvalue weighted by atomic mass is 9.98. The van der Waals surface area contributed by atoms with Gasteiger partial charge >= 0.3 is 0 Å². The Morgan fingerprint density at radius 3 is 1.33 bits per heavy atom. The van der Waals surface area contributed by atoms with E-state index >= 15 is 0 Å². The predicted molar refractivity (Wildman–Crippen MR) is 174 cm³/mol. The fourth-order valence-corrected chi connectivity index (χ4v) is 4.81. The Labute approximate surface area is 255 Å². The molecule has 0 saturated heterocycles. The van der Waals surface area contributed by atoms with Gasteiger partial charge in [-0.05, 0) is 89.8 Å². The summed E-state index contributed by atoms with van der Waals surface area (Å²) in [4.78, 5) is 25.0. The monoisotopic (exact) mass is 578 g/mol. The first-order valence-electron chi connectivity index (χ1n) is 15.1. The van der Waals surface area contributed by atoms with Gasteiger partial charge in [-0.2, -0.15) is 0 Å². The first-order chi connectivity index (χ1) is 20.9. The molecule has 0 heterocycles. The van der Waals surface area contributed by atoms with Gasteiger partial charge in [0.1, 0.15) is 11.5 Å². The molecule has 4 aromatic rings. The highest BCUT2D eigenvalue weighted by molar-refractivity contribution is 5.92. The Hall–Kier alpha value is -4.58. The Bertz CT molecular complexity index is 1370. The van der Waals surface area contributed by atoms with Crippen LogP contribution in [0.1, 0.15) is 74.6 Å². The van der Waals surface area contributed by atoms with Crippen LogP contribution < -0.4 is 20.1 Å². The first kappa shape index (κ1) is 31.4. The number of amides is 2. The maximum atomic E-state index is 12.5. The maximum absolute atomic E-state index is 12.5. The average molecular weight is 579 g/mol. The molecule has 2 unspecified atom stereocenters. The number of carbonyl (C=O) groups excluding carboxylic acids is 2. The molecule has 0 aliphatic rings. The molecule has 0 aliphatic carbocycles. The maximum Gasteiger partial charge on any atom is 0.262 e. The van der Waals surface area contributed by atoms with Crippen molar-refractivity contribution < 1.29 is 19.1 Å². The highest BCUT2D eigenvalue weighted by atomic mass is 16.5. The molecule has 6 nitrogen and oxygen atoms in total. The van der Waals surface area contributed by atoms with Gasteiger partial charge in [-0.15, -0.1) is 0 Å². The fraction of sp³-hybridized carbons (Fsp3) is 0.297. The zero-order chi connectivity index (χ0) is 30.6. The lowest BCUT2D eigenvalue weighted by Gasteiger charge is -2.15. The second kappa shape index (κ2) is 15.6. The number of anilines is 2. The van der Waals surface area contributed by atoms with E-state index in [9.17, 15) is 9.59 Å². The van der Waals surface area contributed by atoms with Crippen LogP contribution in [0.2, 0.25) is 0 Å². The van der Waals surface area contributed by atoms with E-state index in [2.05, 4.69) is 50.5 Å². The van der Waals surface area contributed by atoms with Crippen LogP contribution in [0, 0.1) is 0 Å². The third kappa shape index (κ3) is 9.20. The third-order valence-electron chi connectivity index (χ3n) is 7.73. The normalized spacial score (nSPS) is 12.2. The van der Waals surface area contributed by atoms with Gasteiger partial charge in [-0.1, -0.05) is 88.4 Å². The SMILES string of the molecule is CCC(C)c1ccccc1OCC(=O)Nc1ccc(Cc2ccc(NC(=O)COc3ccccc3C(C)CC)cc2)cc1. The van der Waals surface area contributed by atoms with E-state index in [-0.39, 0.29) is 25.0 Å².